The number of esters is 1. The van der Waals surface area contributed by atoms with Gasteiger partial charge >= 0.3 is 5.97 Å². The first-order valence-electron chi connectivity index (χ1n) is 8.13. The number of hydrogen-bond acceptors (Lipinski definition) is 5. The highest BCUT2D eigenvalue weighted by Crippen LogP contribution is 2.28. The second-order valence-electron chi connectivity index (χ2n) is 5.96. The Balaban J connectivity index is 1.90. The third kappa shape index (κ3) is 3.06. The van der Waals surface area contributed by atoms with Crippen LogP contribution in [-0.2, 0) is 20.7 Å². The molecule has 7 nitrogen and oxygen atoms in total. The number of para-hydroxylation sites is 1. The Bertz CT molecular complexity index is 674. The van der Waals surface area contributed by atoms with Gasteiger partial charge in [0.25, 0.3) is 5.91 Å². The van der Waals surface area contributed by atoms with E-state index in [9.17, 15) is 14.4 Å². The number of ether oxygens (including phenoxy) is 1. The number of carbonyl (C=O) groups is 3. The molecule has 0 aliphatic carbocycles. The molecule has 1 saturated heterocycles. The van der Waals surface area contributed by atoms with E-state index in [1.165, 1.54) is 12.0 Å². The number of methoxy groups -OCH3 is 1. The lowest BCUT2D eigenvalue weighted by molar-refractivity contribution is -0.145. The number of nitrogens with one attached hydrogen (secondary N) is 2. The molecule has 128 valence electrons. The van der Waals surface area contributed by atoms with Crippen molar-refractivity contribution in [1.82, 2.24) is 10.2 Å². The summed E-state index contributed by atoms with van der Waals surface area (Å²) < 4.78 is 4.66. The van der Waals surface area contributed by atoms with E-state index >= 15 is 0 Å². The van der Waals surface area contributed by atoms with Gasteiger partial charge in [0.2, 0.25) is 5.91 Å². The maximum atomic E-state index is 13.1. The highest BCUT2D eigenvalue weighted by molar-refractivity contribution is 6.03. The minimum Gasteiger partial charge on any atom is -0.469 e. The minimum atomic E-state index is -0.835. The summed E-state index contributed by atoms with van der Waals surface area (Å²) in [5, 5.41) is 5.99. The van der Waals surface area contributed by atoms with Crippen LogP contribution in [0.1, 0.15) is 28.8 Å². The molecule has 1 atom stereocenters. The molecular formula is C17H21N3O4. The van der Waals surface area contributed by atoms with Gasteiger partial charge in [-0.15, -0.1) is 0 Å². The van der Waals surface area contributed by atoms with Crippen LogP contribution in [-0.4, -0.2) is 55.5 Å². The van der Waals surface area contributed by atoms with Crippen LogP contribution in [0.2, 0.25) is 0 Å². The van der Waals surface area contributed by atoms with Crippen molar-refractivity contribution in [3.8, 4) is 0 Å². The van der Waals surface area contributed by atoms with Crippen molar-refractivity contribution in [3.05, 3.63) is 29.3 Å². The Hall–Kier alpha value is -2.57. The molecule has 0 bridgehead atoms. The molecule has 2 heterocycles. The standard InChI is InChI=1S/C17H21N3O4/c1-24-14(21)10-13-16(22)19-8-9-20(13)17(23)12-6-2-4-11-5-3-7-18-15(11)12/h2,4,6,13,18H,3,5,7-10H2,1H3,(H,19,22)/t13-/m0/s1. The zero-order valence-electron chi connectivity index (χ0n) is 13.6. The molecule has 24 heavy (non-hydrogen) atoms. The second kappa shape index (κ2) is 6.90. The number of amides is 2. The summed E-state index contributed by atoms with van der Waals surface area (Å²) >= 11 is 0. The van der Waals surface area contributed by atoms with E-state index in [0.29, 0.717) is 18.7 Å². The van der Waals surface area contributed by atoms with Crippen molar-refractivity contribution in [1.29, 1.82) is 0 Å². The SMILES string of the molecule is COC(=O)C[C@H]1C(=O)NCCN1C(=O)c1cccc2c1NCCC2. The summed E-state index contributed by atoms with van der Waals surface area (Å²) in [5.74, 6) is -1.06. The molecule has 0 unspecified atom stereocenters. The summed E-state index contributed by atoms with van der Waals surface area (Å²) in [6.45, 7) is 1.57. The maximum absolute atomic E-state index is 13.1. The van der Waals surface area contributed by atoms with Crippen LogP contribution in [0.15, 0.2) is 18.2 Å². The highest BCUT2D eigenvalue weighted by atomic mass is 16.5. The van der Waals surface area contributed by atoms with E-state index in [0.717, 1.165) is 30.6 Å². The molecule has 7 heteroatoms. The Morgan fingerprint density at radius 1 is 1.29 bits per heavy atom. The van der Waals surface area contributed by atoms with Gasteiger partial charge in [0.15, 0.2) is 0 Å². The maximum Gasteiger partial charge on any atom is 0.308 e. The summed E-state index contributed by atoms with van der Waals surface area (Å²) in [5.41, 5.74) is 2.51. The molecule has 2 aliphatic heterocycles. The first-order valence-corrected chi connectivity index (χ1v) is 8.13. The average molecular weight is 331 g/mol. The van der Waals surface area contributed by atoms with E-state index in [4.69, 9.17) is 0 Å². The molecular weight excluding hydrogens is 310 g/mol. The lowest BCUT2D eigenvalue weighted by Crippen LogP contribution is -2.58. The molecule has 0 aromatic heterocycles. The minimum absolute atomic E-state index is 0.142. The number of carbonyl (C=O) groups excluding carboxylic acids is 3. The predicted molar refractivity (Wildman–Crippen MR) is 87.7 cm³/mol. The number of anilines is 1. The van der Waals surface area contributed by atoms with Crippen LogP contribution in [0.4, 0.5) is 5.69 Å². The fraction of sp³-hybridized carbons (Fsp3) is 0.471. The van der Waals surface area contributed by atoms with Gasteiger partial charge in [0, 0.05) is 19.6 Å². The van der Waals surface area contributed by atoms with Crippen LogP contribution in [0, 0.1) is 0 Å². The van der Waals surface area contributed by atoms with Gasteiger partial charge in [0.05, 0.1) is 24.8 Å². The topological polar surface area (TPSA) is 87.7 Å². The zero-order valence-corrected chi connectivity index (χ0v) is 13.6. The van der Waals surface area contributed by atoms with Crippen LogP contribution < -0.4 is 10.6 Å². The van der Waals surface area contributed by atoms with E-state index < -0.39 is 12.0 Å². The number of piperazine rings is 1. The Kier molecular flexibility index (Phi) is 4.69. The average Bonchev–Trinajstić information content (AvgIpc) is 2.62. The summed E-state index contributed by atoms with van der Waals surface area (Å²) in [6, 6.07) is 4.80. The van der Waals surface area contributed by atoms with Gasteiger partial charge < -0.3 is 20.3 Å². The summed E-state index contributed by atoms with van der Waals surface area (Å²) in [4.78, 5) is 38.3. The van der Waals surface area contributed by atoms with Crippen LogP contribution in [0.25, 0.3) is 0 Å². The van der Waals surface area contributed by atoms with Crippen molar-refractivity contribution >= 4 is 23.5 Å². The number of rotatable bonds is 3. The van der Waals surface area contributed by atoms with Crippen molar-refractivity contribution in [2.45, 2.75) is 25.3 Å². The van der Waals surface area contributed by atoms with Gasteiger partial charge in [-0.2, -0.15) is 0 Å². The molecule has 0 saturated carbocycles. The van der Waals surface area contributed by atoms with Crippen molar-refractivity contribution in [2.75, 3.05) is 32.1 Å². The first kappa shape index (κ1) is 16.3. The first-order chi connectivity index (χ1) is 11.6. The Labute approximate surface area is 140 Å². The van der Waals surface area contributed by atoms with Gasteiger partial charge in [-0.25, -0.2) is 0 Å². The summed E-state index contributed by atoms with van der Waals surface area (Å²) in [6.07, 6.45) is 1.81. The van der Waals surface area contributed by atoms with Gasteiger partial charge in [-0.1, -0.05) is 12.1 Å². The van der Waals surface area contributed by atoms with Gasteiger partial charge in [-0.3, -0.25) is 14.4 Å². The normalized spacial score (nSPS) is 19.8. The fourth-order valence-electron chi connectivity index (χ4n) is 3.24. The molecule has 2 amide bonds. The summed E-state index contributed by atoms with van der Waals surface area (Å²) in [7, 11) is 1.27. The molecule has 1 fully saturated rings. The Morgan fingerprint density at radius 2 is 2.12 bits per heavy atom. The smallest absolute Gasteiger partial charge is 0.308 e. The quantitative estimate of drug-likeness (QED) is 0.790. The lowest BCUT2D eigenvalue weighted by Gasteiger charge is -2.35. The number of aryl methyl sites for hydroxylation is 1. The molecule has 2 N–H and O–H groups in total. The van der Waals surface area contributed by atoms with E-state index in [2.05, 4.69) is 15.4 Å². The van der Waals surface area contributed by atoms with Crippen molar-refractivity contribution < 1.29 is 19.1 Å². The fourth-order valence-corrected chi connectivity index (χ4v) is 3.24. The van der Waals surface area contributed by atoms with Crippen molar-refractivity contribution in [3.63, 3.8) is 0 Å². The Morgan fingerprint density at radius 3 is 2.92 bits per heavy atom. The monoisotopic (exact) mass is 331 g/mol. The molecule has 1 aromatic rings. The van der Waals surface area contributed by atoms with Crippen LogP contribution in [0.3, 0.4) is 0 Å². The molecule has 0 spiro atoms. The highest BCUT2D eigenvalue weighted by Gasteiger charge is 2.36. The zero-order chi connectivity index (χ0) is 17.1. The number of hydrogen-bond donors (Lipinski definition) is 2. The van der Waals surface area contributed by atoms with Crippen molar-refractivity contribution in [2.24, 2.45) is 0 Å². The van der Waals surface area contributed by atoms with Crippen LogP contribution in [0.5, 0.6) is 0 Å². The molecule has 1 aromatic carbocycles. The third-order valence-electron chi connectivity index (χ3n) is 4.49. The van der Waals surface area contributed by atoms with Gasteiger partial charge in [0.1, 0.15) is 6.04 Å². The predicted octanol–water partition coefficient (Wildman–Crippen LogP) is 0.548. The number of fused-ring (bicyclic) bond motifs is 1. The number of benzene rings is 1. The van der Waals surface area contributed by atoms with Crippen LogP contribution >= 0.6 is 0 Å². The number of nitrogens with zero attached hydrogens (tertiary/aromatic N) is 1. The second-order valence-corrected chi connectivity index (χ2v) is 5.96. The largest absolute Gasteiger partial charge is 0.469 e. The van der Waals surface area contributed by atoms with E-state index in [1.807, 2.05) is 12.1 Å². The van der Waals surface area contributed by atoms with Gasteiger partial charge in [-0.05, 0) is 24.5 Å². The third-order valence-corrected chi connectivity index (χ3v) is 4.49. The lowest BCUT2D eigenvalue weighted by atomic mass is 9.97. The van der Waals surface area contributed by atoms with E-state index in [1.54, 1.807) is 6.07 Å². The molecule has 0 radical (unpaired) electrons. The molecule has 2 aliphatic rings. The van der Waals surface area contributed by atoms with E-state index in [-0.39, 0.29) is 18.2 Å². The molecule has 3 rings (SSSR count).